The molecule has 1 heterocycles. The van der Waals surface area contributed by atoms with E-state index in [1.807, 2.05) is 0 Å². The Morgan fingerprint density at radius 3 is 2.71 bits per heavy atom. The van der Waals surface area contributed by atoms with Crippen LogP contribution >= 0.6 is 34.2 Å². The maximum atomic E-state index is 12.4. The van der Waals surface area contributed by atoms with Crippen molar-refractivity contribution in [3.05, 3.63) is 26.6 Å². The molecule has 0 aliphatic heterocycles. The van der Waals surface area contributed by atoms with E-state index in [1.54, 1.807) is 22.6 Å². The fourth-order valence-electron chi connectivity index (χ4n) is 0.943. The van der Waals surface area contributed by atoms with E-state index >= 15 is 0 Å². The van der Waals surface area contributed by atoms with Gasteiger partial charge in [0.25, 0.3) is 6.43 Å². The summed E-state index contributed by atoms with van der Waals surface area (Å²) in [7, 11) is 0. The Kier molecular flexibility index (Phi) is 4.18. The standard InChI is InChI=1S/C8H5ClF2INO/c9-1-6-7(12)5(3-14)4(2-13-6)8(10)11/h2-3,8H,1H2. The van der Waals surface area contributed by atoms with Gasteiger partial charge in [0.05, 0.1) is 11.6 Å². The van der Waals surface area contributed by atoms with Gasteiger partial charge in [0.1, 0.15) is 0 Å². The first kappa shape index (κ1) is 11.8. The van der Waals surface area contributed by atoms with E-state index in [0.29, 0.717) is 15.6 Å². The Balaban J connectivity index is 3.35. The zero-order valence-electron chi connectivity index (χ0n) is 6.81. The highest BCUT2D eigenvalue weighted by Crippen LogP contribution is 2.26. The van der Waals surface area contributed by atoms with Crippen molar-refractivity contribution < 1.29 is 13.6 Å². The number of carbonyl (C=O) groups excluding carboxylic acids is 1. The van der Waals surface area contributed by atoms with E-state index in [1.165, 1.54) is 0 Å². The van der Waals surface area contributed by atoms with Crippen LogP contribution in [0.1, 0.15) is 28.0 Å². The van der Waals surface area contributed by atoms with Crippen molar-refractivity contribution in [2.45, 2.75) is 12.3 Å². The molecule has 0 aromatic carbocycles. The third-order valence-corrected chi connectivity index (χ3v) is 3.10. The molecule has 76 valence electrons. The second-order valence-corrected chi connectivity index (χ2v) is 3.79. The molecule has 14 heavy (non-hydrogen) atoms. The summed E-state index contributed by atoms with van der Waals surface area (Å²) in [5, 5.41) is 0. The summed E-state index contributed by atoms with van der Waals surface area (Å²) in [4.78, 5) is 14.4. The van der Waals surface area contributed by atoms with Crippen molar-refractivity contribution >= 4 is 40.5 Å². The third-order valence-electron chi connectivity index (χ3n) is 1.64. The summed E-state index contributed by atoms with van der Waals surface area (Å²) in [6.45, 7) is 0. The highest BCUT2D eigenvalue weighted by molar-refractivity contribution is 14.1. The number of aldehydes is 1. The van der Waals surface area contributed by atoms with Crippen LogP contribution in [-0.2, 0) is 5.88 Å². The van der Waals surface area contributed by atoms with Gasteiger partial charge in [0, 0.05) is 20.9 Å². The van der Waals surface area contributed by atoms with E-state index in [2.05, 4.69) is 4.98 Å². The normalized spacial score (nSPS) is 10.6. The van der Waals surface area contributed by atoms with Crippen molar-refractivity contribution in [1.29, 1.82) is 0 Å². The van der Waals surface area contributed by atoms with Crippen LogP contribution < -0.4 is 0 Å². The summed E-state index contributed by atoms with van der Waals surface area (Å²) >= 11 is 7.31. The summed E-state index contributed by atoms with van der Waals surface area (Å²) < 4.78 is 25.2. The number of pyridine rings is 1. The molecule has 0 unspecified atom stereocenters. The maximum absolute atomic E-state index is 12.4. The van der Waals surface area contributed by atoms with Gasteiger partial charge in [-0.25, -0.2) is 8.78 Å². The van der Waals surface area contributed by atoms with Gasteiger partial charge >= 0.3 is 0 Å². The minimum atomic E-state index is -2.69. The zero-order valence-corrected chi connectivity index (χ0v) is 9.72. The summed E-state index contributed by atoms with van der Waals surface area (Å²) in [6, 6.07) is 0. The first-order chi connectivity index (χ1) is 6.61. The molecule has 1 rings (SSSR count). The number of hydrogen-bond donors (Lipinski definition) is 0. The van der Waals surface area contributed by atoms with Gasteiger partial charge in [0.15, 0.2) is 6.29 Å². The van der Waals surface area contributed by atoms with Gasteiger partial charge in [-0.1, -0.05) is 0 Å². The Hall–Kier alpha value is -0.300. The molecule has 0 atom stereocenters. The van der Waals surface area contributed by atoms with E-state index in [9.17, 15) is 13.6 Å². The first-order valence-corrected chi connectivity index (χ1v) is 5.19. The number of rotatable bonds is 3. The van der Waals surface area contributed by atoms with Gasteiger partial charge in [-0.05, 0) is 22.6 Å². The van der Waals surface area contributed by atoms with Crippen LogP contribution in [0.3, 0.4) is 0 Å². The summed E-state index contributed by atoms with van der Waals surface area (Å²) in [5.41, 5.74) is 0.0725. The number of aromatic nitrogens is 1. The predicted octanol–water partition coefficient (Wildman–Crippen LogP) is 3.18. The lowest BCUT2D eigenvalue weighted by atomic mass is 10.1. The van der Waals surface area contributed by atoms with E-state index < -0.39 is 6.43 Å². The molecule has 6 heteroatoms. The van der Waals surface area contributed by atoms with Crippen molar-refractivity contribution in [1.82, 2.24) is 4.98 Å². The van der Waals surface area contributed by atoms with Gasteiger partial charge in [-0.15, -0.1) is 11.6 Å². The minimum Gasteiger partial charge on any atom is -0.298 e. The van der Waals surface area contributed by atoms with Crippen LogP contribution in [0.2, 0.25) is 0 Å². The fraction of sp³-hybridized carbons (Fsp3) is 0.250. The molecule has 0 saturated carbocycles. The molecule has 1 aromatic heterocycles. The van der Waals surface area contributed by atoms with E-state index in [-0.39, 0.29) is 17.0 Å². The lowest BCUT2D eigenvalue weighted by Gasteiger charge is -2.07. The minimum absolute atomic E-state index is 0.0220. The monoisotopic (exact) mass is 331 g/mol. The number of nitrogens with zero attached hydrogens (tertiary/aromatic N) is 1. The third kappa shape index (κ3) is 2.20. The molecule has 2 nitrogen and oxygen atoms in total. The highest BCUT2D eigenvalue weighted by atomic mass is 127. The molecule has 1 aromatic rings. The van der Waals surface area contributed by atoms with Gasteiger partial charge in [0.2, 0.25) is 0 Å². The Morgan fingerprint density at radius 1 is 1.64 bits per heavy atom. The fourth-order valence-corrected chi connectivity index (χ4v) is 2.14. The predicted molar refractivity (Wildman–Crippen MR) is 56.9 cm³/mol. The SMILES string of the molecule is O=Cc1c(C(F)F)cnc(CCl)c1I. The van der Waals surface area contributed by atoms with Crippen molar-refractivity contribution in [2.75, 3.05) is 0 Å². The van der Waals surface area contributed by atoms with Crippen molar-refractivity contribution in [3.8, 4) is 0 Å². The topological polar surface area (TPSA) is 30.0 Å². The molecule has 0 N–H and O–H groups in total. The second kappa shape index (κ2) is 4.97. The Labute approximate surface area is 97.8 Å². The van der Waals surface area contributed by atoms with Crippen molar-refractivity contribution in [2.24, 2.45) is 0 Å². The molecular formula is C8H5ClF2INO. The maximum Gasteiger partial charge on any atom is 0.266 e. The molecule has 0 bridgehead atoms. The lowest BCUT2D eigenvalue weighted by Crippen LogP contribution is -2.02. The van der Waals surface area contributed by atoms with Gasteiger partial charge in [-0.2, -0.15) is 0 Å². The molecule has 0 aliphatic rings. The average Bonchev–Trinajstić information content (AvgIpc) is 2.17. The van der Waals surface area contributed by atoms with Crippen LogP contribution in [0.25, 0.3) is 0 Å². The first-order valence-electron chi connectivity index (χ1n) is 3.58. The summed E-state index contributed by atoms with van der Waals surface area (Å²) in [5.74, 6) is 0.0998. The van der Waals surface area contributed by atoms with Crippen LogP contribution in [-0.4, -0.2) is 11.3 Å². The van der Waals surface area contributed by atoms with Crippen LogP contribution in [0.4, 0.5) is 8.78 Å². The van der Waals surface area contributed by atoms with E-state index in [4.69, 9.17) is 11.6 Å². The number of halogens is 4. The molecule has 0 fully saturated rings. The van der Waals surface area contributed by atoms with Crippen LogP contribution in [0, 0.1) is 3.57 Å². The molecule has 0 amide bonds. The number of hydrogen-bond acceptors (Lipinski definition) is 2. The van der Waals surface area contributed by atoms with Gasteiger partial charge in [-0.3, -0.25) is 9.78 Å². The smallest absolute Gasteiger partial charge is 0.266 e. The Bertz CT molecular complexity index is 359. The second-order valence-electron chi connectivity index (χ2n) is 2.44. The average molecular weight is 331 g/mol. The summed E-state index contributed by atoms with van der Waals surface area (Å²) in [6.07, 6.45) is -1.30. The highest BCUT2D eigenvalue weighted by Gasteiger charge is 2.17. The van der Waals surface area contributed by atoms with Crippen LogP contribution in [0.15, 0.2) is 6.20 Å². The quantitative estimate of drug-likeness (QED) is 0.484. The number of carbonyl (C=O) groups is 1. The Morgan fingerprint density at radius 2 is 2.29 bits per heavy atom. The number of alkyl halides is 3. The zero-order chi connectivity index (χ0) is 10.7. The largest absolute Gasteiger partial charge is 0.298 e. The molecule has 0 spiro atoms. The van der Waals surface area contributed by atoms with Crippen LogP contribution in [0.5, 0.6) is 0 Å². The molecule has 0 aliphatic carbocycles. The van der Waals surface area contributed by atoms with E-state index in [0.717, 1.165) is 6.20 Å². The molecule has 0 radical (unpaired) electrons. The molecule has 0 saturated heterocycles. The van der Waals surface area contributed by atoms with Crippen molar-refractivity contribution in [3.63, 3.8) is 0 Å². The molecular weight excluding hydrogens is 326 g/mol. The lowest BCUT2D eigenvalue weighted by molar-refractivity contribution is 0.110. The van der Waals surface area contributed by atoms with Gasteiger partial charge < -0.3 is 0 Å².